The van der Waals surface area contributed by atoms with Crippen molar-refractivity contribution in [3.63, 3.8) is 0 Å². The van der Waals surface area contributed by atoms with Gasteiger partial charge in [0.05, 0.1) is 12.4 Å². The number of pyridine rings is 2. The first kappa shape index (κ1) is 32.0. The van der Waals surface area contributed by atoms with Crippen molar-refractivity contribution < 1.29 is 0 Å². The SMILES string of the molecule is CC=[N+](c1ccccn1)c1c(C(C)C)cc(Cc2cc(C(C)C)c([N+](=CC)c3ccccn3)c(C(C)C)c2)cc1C(C)C. The Labute approximate surface area is 259 Å². The maximum absolute atomic E-state index is 4.70. The van der Waals surface area contributed by atoms with Crippen LogP contribution in [-0.4, -0.2) is 22.4 Å². The molecule has 0 N–H and O–H groups in total. The first-order valence-corrected chi connectivity index (χ1v) is 15.9. The lowest BCUT2D eigenvalue weighted by molar-refractivity contribution is 0.800. The normalized spacial score (nSPS) is 12.7. The maximum atomic E-state index is 4.70. The number of aromatic nitrogens is 2. The van der Waals surface area contributed by atoms with Crippen LogP contribution in [0, 0.1) is 0 Å². The second kappa shape index (κ2) is 14.0. The molecule has 0 saturated carbocycles. The average molecular weight is 575 g/mol. The van der Waals surface area contributed by atoms with Crippen molar-refractivity contribution >= 4 is 35.4 Å². The van der Waals surface area contributed by atoms with Crippen molar-refractivity contribution in [1.82, 2.24) is 19.1 Å². The molecule has 0 radical (unpaired) electrons. The smallest absolute Gasteiger partial charge is 0.200 e. The van der Waals surface area contributed by atoms with E-state index in [1.165, 1.54) is 44.8 Å². The highest BCUT2D eigenvalue weighted by molar-refractivity contribution is 5.74. The van der Waals surface area contributed by atoms with Gasteiger partial charge in [0.1, 0.15) is 23.8 Å². The Morgan fingerprint density at radius 1 is 0.535 bits per heavy atom. The zero-order valence-corrected chi connectivity index (χ0v) is 27.9. The van der Waals surface area contributed by atoms with E-state index in [2.05, 4.69) is 139 Å². The van der Waals surface area contributed by atoms with Gasteiger partial charge in [0.15, 0.2) is 0 Å². The second-order valence-electron chi connectivity index (χ2n) is 12.7. The van der Waals surface area contributed by atoms with E-state index < -0.39 is 0 Å². The minimum absolute atomic E-state index is 0.366. The van der Waals surface area contributed by atoms with Gasteiger partial charge in [0.25, 0.3) is 0 Å². The van der Waals surface area contributed by atoms with E-state index in [0.717, 1.165) is 18.1 Å². The van der Waals surface area contributed by atoms with Gasteiger partial charge in [-0.1, -0.05) is 91.8 Å². The highest BCUT2D eigenvalue weighted by atomic mass is 15.1. The fourth-order valence-corrected chi connectivity index (χ4v) is 5.99. The fraction of sp³-hybridized carbons (Fsp3) is 0.385. The van der Waals surface area contributed by atoms with Crippen molar-refractivity contribution in [2.75, 3.05) is 0 Å². The Hall–Kier alpha value is -3.92. The summed E-state index contributed by atoms with van der Waals surface area (Å²) < 4.78 is 4.54. The summed E-state index contributed by atoms with van der Waals surface area (Å²) >= 11 is 0. The molecule has 0 fully saturated rings. The molecule has 224 valence electrons. The third-order valence-corrected chi connectivity index (χ3v) is 8.14. The number of hydrogen-bond acceptors (Lipinski definition) is 2. The largest absolute Gasteiger partial charge is 0.327 e. The number of benzene rings is 2. The molecule has 4 rings (SSSR count). The Kier molecular flexibility index (Phi) is 10.4. The molecule has 2 heterocycles. The van der Waals surface area contributed by atoms with Gasteiger partial charge in [0.2, 0.25) is 0 Å². The summed E-state index contributed by atoms with van der Waals surface area (Å²) in [6, 6.07) is 22.0. The lowest BCUT2D eigenvalue weighted by atomic mass is 9.86. The zero-order valence-electron chi connectivity index (χ0n) is 27.9. The molecule has 0 saturated heterocycles. The van der Waals surface area contributed by atoms with Crippen molar-refractivity contribution in [3.8, 4) is 0 Å². The van der Waals surface area contributed by atoms with E-state index in [1.807, 2.05) is 24.5 Å². The minimum Gasteiger partial charge on any atom is -0.200 e. The molecule has 0 aliphatic carbocycles. The Morgan fingerprint density at radius 2 is 0.860 bits per heavy atom. The van der Waals surface area contributed by atoms with Crippen LogP contribution < -0.4 is 9.15 Å². The lowest BCUT2D eigenvalue weighted by Gasteiger charge is -2.23. The van der Waals surface area contributed by atoms with E-state index in [0.29, 0.717) is 23.7 Å². The Bertz CT molecular complexity index is 1410. The van der Waals surface area contributed by atoms with Crippen LogP contribution in [0.25, 0.3) is 0 Å². The second-order valence-corrected chi connectivity index (χ2v) is 12.7. The van der Waals surface area contributed by atoms with E-state index in [1.54, 1.807) is 0 Å². The van der Waals surface area contributed by atoms with E-state index >= 15 is 0 Å². The van der Waals surface area contributed by atoms with Crippen LogP contribution in [-0.2, 0) is 6.42 Å². The fourth-order valence-electron chi connectivity index (χ4n) is 5.99. The Balaban J connectivity index is 1.89. The summed E-state index contributed by atoms with van der Waals surface area (Å²) in [4.78, 5) is 9.41. The lowest BCUT2D eigenvalue weighted by Crippen LogP contribution is -2.14. The van der Waals surface area contributed by atoms with Crippen molar-refractivity contribution in [3.05, 3.63) is 106 Å². The molecular weight excluding hydrogens is 524 g/mol. The van der Waals surface area contributed by atoms with Crippen LogP contribution in [0.5, 0.6) is 0 Å². The first-order valence-electron chi connectivity index (χ1n) is 15.9. The van der Waals surface area contributed by atoms with Gasteiger partial charge in [-0.15, -0.1) is 0 Å². The number of rotatable bonds is 10. The summed E-state index contributed by atoms with van der Waals surface area (Å²) in [5.74, 6) is 3.36. The van der Waals surface area contributed by atoms with Crippen LogP contribution >= 0.6 is 0 Å². The molecule has 2 aromatic heterocycles. The van der Waals surface area contributed by atoms with Crippen molar-refractivity contribution in [2.24, 2.45) is 0 Å². The summed E-state index contributed by atoms with van der Waals surface area (Å²) in [5.41, 5.74) is 10.7. The minimum atomic E-state index is 0.366. The third-order valence-electron chi connectivity index (χ3n) is 8.14. The van der Waals surface area contributed by atoms with Crippen LogP contribution in [0.4, 0.5) is 23.0 Å². The monoisotopic (exact) mass is 574 g/mol. The van der Waals surface area contributed by atoms with Gasteiger partial charge < -0.3 is 0 Å². The molecule has 2 aromatic carbocycles. The summed E-state index contributed by atoms with van der Waals surface area (Å²) in [6.07, 6.45) is 8.93. The molecule has 0 atom stereocenters. The van der Waals surface area contributed by atoms with Gasteiger partial charge in [0, 0.05) is 34.4 Å². The third kappa shape index (κ3) is 7.01. The van der Waals surface area contributed by atoms with Crippen LogP contribution in [0.2, 0.25) is 0 Å². The molecule has 0 amide bonds. The Morgan fingerprint density at radius 3 is 1.09 bits per heavy atom. The molecule has 0 bridgehead atoms. The van der Waals surface area contributed by atoms with Crippen LogP contribution in [0.15, 0.2) is 73.1 Å². The summed E-state index contributed by atoms with van der Waals surface area (Å²) in [7, 11) is 0. The molecular formula is C39H50N4+2. The summed E-state index contributed by atoms with van der Waals surface area (Å²) in [5, 5.41) is 0. The number of hydrogen-bond donors (Lipinski definition) is 0. The maximum Gasteiger partial charge on any atom is 0.327 e. The predicted octanol–water partition coefficient (Wildman–Crippen LogP) is 10.4. The molecule has 4 aromatic rings. The van der Waals surface area contributed by atoms with Gasteiger partial charge in [-0.25, -0.2) is 9.15 Å². The number of nitrogens with zero attached hydrogens (tertiary/aromatic N) is 4. The molecule has 43 heavy (non-hydrogen) atoms. The van der Waals surface area contributed by atoms with Gasteiger partial charge in [-0.2, -0.15) is 0 Å². The van der Waals surface area contributed by atoms with Crippen molar-refractivity contribution in [1.29, 1.82) is 0 Å². The van der Waals surface area contributed by atoms with Crippen LogP contribution in [0.3, 0.4) is 0 Å². The quantitative estimate of drug-likeness (QED) is 0.139. The average Bonchev–Trinajstić information content (AvgIpc) is 2.99. The standard InChI is InChI=1S/C39H50N4/c1-11-42(36-17-13-15-19-40-36)38-32(26(3)4)22-30(23-33(38)27(5)6)21-31-24-34(28(7)8)39(35(25-31)29(9)10)43(12-2)37-18-14-16-20-41-37/h11-20,22-29H,21H2,1-10H3/q+2. The highest BCUT2D eigenvalue weighted by Gasteiger charge is 2.27. The predicted molar refractivity (Wildman–Crippen MR) is 187 cm³/mol. The van der Waals surface area contributed by atoms with E-state index in [-0.39, 0.29) is 0 Å². The van der Waals surface area contributed by atoms with Crippen molar-refractivity contribution in [2.45, 2.75) is 99.3 Å². The van der Waals surface area contributed by atoms with Gasteiger partial charge in [-0.05, 0) is 77.2 Å². The topological polar surface area (TPSA) is 31.8 Å². The molecule has 0 unspecified atom stereocenters. The summed E-state index contributed by atoms with van der Waals surface area (Å²) in [6.45, 7) is 22.6. The zero-order chi connectivity index (χ0) is 31.3. The molecule has 4 nitrogen and oxygen atoms in total. The van der Waals surface area contributed by atoms with Crippen LogP contribution in [0.1, 0.15) is 126 Å². The van der Waals surface area contributed by atoms with E-state index in [4.69, 9.17) is 9.97 Å². The van der Waals surface area contributed by atoms with Gasteiger partial charge >= 0.3 is 11.6 Å². The molecule has 4 heteroatoms. The molecule has 0 aliphatic rings. The first-order chi connectivity index (χ1) is 20.6. The van der Waals surface area contributed by atoms with Gasteiger partial charge in [-0.3, -0.25) is 0 Å². The molecule has 0 aliphatic heterocycles. The molecule has 0 spiro atoms. The highest BCUT2D eigenvalue weighted by Crippen LogP contribution is 2.40. The van der Waals surface area contributed by atoms with E-state index in [9.17, 15) is 0 Å².